The molecule has 3 N–H and O–H groups in total. The van der Waals surface area contributed by atoms with Gasteiger partial charge in [-0.2, -0.15) is 5.10 Å². The average molecular weight is 274 g/mol. The zero-order valence-corrected chi connectivity index (χ0v) is 11.3. The Morgan fingerprint density at radius 2 is 2.35 bits per heavy atom. The van der Waals surface area contributed by atoms with Gasteiger partial charge in [0.05, 0.1) is 13.2 Å². The fourth-order valence-corrected chi connectivity index (χ4v) is 1.82. The topological polar surface area (TPSA) is 82.2 Å². The molecule has 6 heteroatoms. The number of benzene rings is 1. The Bertz CT molecular complexity index is 554. The second-order valence-corrected chi connectivity index (χ2v) is 4.46. The molecular formula is C14H18N4O2. The molecule has 0 aliphatic carbocycles. The molecular weight excluding hydrogens is 256 g/mol. The van der Waals surface area contributed by atoms with Crippen LogP contribution in [-0.4, -0.2) is 35.4 Å². The SMILES string of the molecule is COCC(N)C(=O)Nc1cccc(Cn2cccn2)c1. The number of methoxy groups -OCH3 is 1. The van der Waals surface area contributed by atoms with Crippen molar-refractivity contribution in [1.29, 1.82) is 0 Å². The summed E-state index contributed by atoms with van der Waals surface area (Å²) in [6.45, 7) is 0.847. The van der Waals surface area contributed by atoms with Crippen LogP contribution < -0.4 is 11.1 Å². The third-order valence-electron chi connectivity index (χ3n) is 2.78. The minimum absolute atomic E-state index is 0.193. The minimum atomic E-state index is -0.672. The molecule has 2 rings (SSSR count). The summed E-state index contributed by atoms with van der Waals surface area (Å²) < 4.78 is 6.68. The summed E-state index contributed by atoms with van der Waals surface area (Å²) in [7, 11) is 1.51. The smallest absolute Gasteiger partial charge is 0.243 e. The number of aromatic nitrogens is 2. The molecule has 1 aromatic heterocycles. The number of nitrogens with two attached hydrogens (primary N) is 1. The highest BCUT2D eigenvalue weighted by Crippen LogP contribution is 2.12. The summed E-state index contributed by atoms with van der Waals surface area (Å²) in [5.74, 6) is -0.261. The largest absolute Gasteiger partial charge is 0.383 e. The van der Waals surface area contributed by atoms with E-state index in [1.165, 1.54) is 7.11 Å². The van der Waals surface area contributed by atoms with E-state index in [9.17, 15) is 4.79 Å². The maximum absolute atomic E-state index is 11.8. The van der Waals surface area contributed by atoms with Crippen LogP contribution in [0, 0.1) is 0 Å². The minimum Gasteiger partial charge on any atom is -0.383 e. The Hall–Kier alpha value is -2.18. The molecule has 0 bridgehead atoms. The summed E-state index contributed by atoms with van der Waals surface area (Å²) in [4.78, 5) is 11.8. The molecule has 0 aliphatic rings. The van der Waals surface area contributed by atoms with Crippen LogP contribution in [0.2, 0.25) is 0 Å². The van der Waals surface area contributed by atoms with Gasteiger partial charge in [0.1, 0.15) is 6.04 Å². The van der Waals surface area contributed by atoms with Gasteiger partial charge in [0.15, 0.2) is 0 Å². The Balaban J connectivity index is 2.00. The molecule has 106 valence electrons. The van der Waals surface area contributed by atoms with Crippen molar-refractivity contribution in [2.75, 3.05) is 19.0 Å². The molecule has 0 saturated carbocycles. The number of ether oxygens (including phenoxy) is 1. The predicted octanol–water partition coefficient (Wildman–Crippen LogP) is 0.844. The van der Waals surface area contributed by atoms with Crippen LogP contribution in [0.1, 0.15) is 5.56 Å². The van der Waals surface area contributed by atoms with Crippen molar-refractivity contribution in [2.45, 2.75) is 12.6 Å². The number of amides is 1. The lowest BCUT2D eigenvalue weighted by Gasteiger charge is -2.12. The fourth-order valence-electron chi connectivity index (χ4n) is 1.82. The molecule has 0 fully saturated rings. The second kappa shape index (κ2) is 6.83. The Morgan fingerprint density at radius 1 is 1.50 bits per heavy atom. The van der Waals surface area contributed by atoms with Crippen molar-refractivity contribution in [2.24, 2.45) is 5.73 Å². The van der Waals surface area contributed by atoms with Gasteiger partial charge in [0.25, 0.3) is 0 Å². The van der Waals surface area contributed by atoms with Gasteiger partial charge in [-0.05, 0) is 23.8 Å². The Kier molecular flexibility index (Phi) is 4.86. The molecule has 0 radical (unpaired) electrons. The highest BCUT2D eigenvalue weighted by atomic mass is 16.5. The van der Waals surface area contributed by atoms with E-state index in [2.05, 4.69) is 10.4 Å². The van der Waals surface area contributed by atoms with E-state index in [1.54, 1.807) is 6.20 Å². The zero-order valence-electron chi connectivity index (χ0n) is 11.3. The lowest BCUT2D eigenvalue weighted by Crippen LogP contribution is -2.39. The molecule has 1 heterocycles. The summed E-state index contributed by atoms with van der Waals surface area (Å²) >= 11 is 0. The van der Waals surface area contributed by atoms with Crippen LogP contribution in [-0.2, 0) is 16.1 Å². The van der Waals surface area contributed by atoms with Crippen LogP contribution in [0.15, 0.2) is 42.7 Å². The molecule has 6 nitrogen and oxygen atoms in total. The second-order valence-electron chi connectivity index (χ2n) is 4.46. The molecule has 0 spiro atoms. The molecule has 0 saturated heterocycles. The standard InChI is InChI=1S/C14H18N4O2/c1-20-10-13(15)14(19)17-12-5-2-4-11(8-12)9-18-7-3-6-16-18/h2-8,13H,9-10,15H2,1H3,(H,17,19). The van der Waals surface area contributed by atoms with E-state index >= 15 is 0 Å². The van der Waals surface area contributed by atoms with Crippen LogP contribution in [0.3, 0.4) is 0 Å². The predicted molar refractivity (Wildman–Crippen MR) is 76.3 cm³/mol. The molecule has 1 atom stereocenters. The fraction of sp³-hybridized carbons (Fsp3) is 0.286. The average Bonchev–Trinajstić information content (AvgIpc) is 2.92. The van der Waals surface area contributed by atoms with Crippen molar-refractivity contribution in [3.8, 4) is 0 Å². The van der Waals surface area contributed by atoms with E-state index in [0.717, 1.165) is 5.56 Å². The number of nitrogens with zero attached hydrogens (tertiary/aromatic N) is 2. The zero-order chi connectivity index (χ0) is 14.4. The van der Waals surface area contributed by atoms with Crippen molar-refractivity contribution in [3.63, 3.8) is 0 Å². The van der Waals surface area contributed by atoms with Crippen LogP contribution >= 0.6 is 0 Å². The quantitative estimate of drug-likeness (QED) is 0.818. The third kappa shape index (κ3) is 3.91. The van der Waals surface area contributed by atoms with Gasteiger partial charge < -0.3 is 15.8 Å². The number of rotatable bonds is 6. The van der Waals surface area contributed by atoms with E-state index in [4.69, 9.17) is 10.5 Å². The van der Waals surface area contributed by atoms with E-state index in [1.807, 2.05) is 41.2 Å². The summed E-state index contributed by atoms with van der Waals surface area (Å²) in [5, 5.41) is 6.92. The number of carbonyl (C=O) groups is 1. The number of anilines is 1. The summed E-state index contributed by atoms with van der Waals surface area (Å²) in [5.41, 5.74) is 7.43. The first-order valence-electron chi connectivity index (χ1n) is 6.31. The monoisotopic (exact) mass is 274 g/mol. The van der Waals surface area contributed by atoms with Gasteiger partial charge in [0.2, 0.25) is 5.91 Å². The summed E-state index contributed by atoms with van der Waals surface area (Å²) in [6, 6.07) is 8.79. The van der Waals surface area contributed by atoms with E-state index in [-0.39, 0.29) is 12.5 Å². The highest BCUT2D eigenvalue weighted by Gasteiger charge is 2.13. The molecule has 1 amide bonds. The number of hydrogen-bond donors (Lipinski definition) is 2. The van der Waals surface area contributed by atoms with Crippen LogP contribution in [0.5, 0.6) is 0 Å². The lowest BCUT2D eigenvalue weighted by atomic mass is 10.2. The summed E-state index contributed by atoms with van der Waals surface area (Å²) in [6.07, 6.45) is 3.62. The van der Waals surface area contributed by atoms with Gasteiger partial charge in [-0.15, -0.1) is 0 Å². The normalized spacial score (nSPS) is 12.1. The number of nitrogens with one attached hydrogen (secondary N) is 1. The van der Waals surface area contributed by atoms with E-state index < -0.39 is 6.04 Å². The maximum Gasteiger partial charge on any atom is 0.243 e. The van der Waals surface area contributed by atoms with Crippen molar-refractivity contribution < 1.29 is 9.53 Å². The van der Waals surface area contributed by atoms with Crippen LogP contribution in [0.25, 0.3) is 0 Å². The van der Waals surface area contributed by atoms with Crippen LogP contribution in [0.4, 0.5) is 5.69 Å². The number of carbonyl (C=O) groups excluding carboxylic acids is 1. The van der Waals surface area contributed by atoms with Crippen molar-refractivity contribution >= 4 is 11.6 Å². The molecule has 0 aliphatic heterocycles. The lowest BCUT2D eigenvalue weighted by molar-refractivity contribution is -0.118. The molecule has 1 aromatic carbocycles. The van der Waals surface area contributed by atoms with Gasteiger partial charge >= 0.3 is 0 Å². The number of hydrogen-bond acceptors (Lipinski definition) is 4. The third-order valence-corrected chi connectivity index (χ3v) is 2.78. The van der Waals surface area contributed by atoms with Crippen molar-refractivity contribution in [1.82, 2.24) is 9.78 Å². The first-order chi connectivity index (χ1) is 9.69. The first-order valence-corrected chi connectivity index (χ1v) is 6.31. The molecule has 1 unspecified atom stereocenters. The van der Waals surface area contributed by atoms with Gasteiger partial charge in [-0.1, -0.05) is 12.1 Å². The Labute approximate surface area is 117 Å². The highest BCUT2D eigenvalue weighted by molar-refractivity contribution is 5.94. The first kappa shape index (κ1) is 14.2. The van der Waals surface area contributed by atoms with Gasteiger partial charge in [0, 0.05) is 25.2 Å². The van der Waals surface area contributed by atoms with E-state index in [0.29, 0.717) is 12.2 Å². The Morgan fingerprint density at radius 3 is 3.05 bits per heavy atom. The van der Waals surface area contributed by atoms with Crippen molar-refractivity contribution in [3.05, 3.63) is 48.3 Å². The van der Waals surface area contributed by atoms with Gasteiger partial charge in [-0.25, -0.2) is 0 Å². The molecule has 20 heavy (non-hydrogen) atoms. The maximum atomic E-state index is 11.8. The molecule has 2 aromatic rings. The van der Waals surface area contributed by atoms with Gasteiger partial charge in [-0.3, -0.25) is 9.48 Å².